The van der Waals surface area contributed by atoms with Crippen molar-refractivity contribution >= 4 is 17.6 Å². The molecule has 0 aliphatic heterocycles. The van der Waals surface area contributed by atoms with E-state index >= 15 is 0 Å². The SMILES string of the molecule is Cc1ccc(C(=O)N/N=C2\CCCc3oc(C(=O)Oc4ccc(-c5ccc(C#N)cc5)cc4)c(C)c32)cc1. The number of rotatable bonds is 5. The highest BCUT2D eigenvalue weighted by Crippen LogP contribution is 2.31. The molecule has 1 heterocycles. The van der Waals surface area contributed by atoms with Gasteiger partial charge in [-0.3, -0.25) is 4.79 Å². The molecule has 0 spiro atoms. The number of amides is 1. The number of benzene rings is 3. The Hall–Kier alpha value is -4.96. The van der Waals surface area contributed by atoms with Crippen LogP contribution < -0.4 is 10.2 Å². The third kappa shape index (κ3) is 5.11. The van der Waals surface area contributed by atoms with E-state index < -0.39 is 5.97 Å². The first-order valence-electron chi connectivity index (χ1n) is 12.3. The van der Waals surface area contributed by atoms with Gasteiger partial charge in [0.1, 0.15) is 11.5 Å². The van der Waals surface area contributed by atoms with Gasteiger partial charge >= 0.3 is 5.97 Å². The van der Waals surface area contributed by atoms with E-state index in [1.807, 2.05) is 43.3 Å². The number of nitrogens with zero attached hydrogens (tertiary/aromatic N) is 2. The van der Waals surface area contributed by atoms with Gasteiger partial charge in [0.15, 0.2) is 0 Å². The molecule has 0 radical (unpaired) electrons. The van der Waals surface area contributed by atoms with Crippen LogP contribution in [0.25, 0.3) is 11.1 Å². The lowest BCUT2D eigenvalue weighted by atomic mass is 9.93. The number of fused-ring (bicyclic) bond motifs is 1. The topological polar surface area (TPSA) is 105 Å². The number of hydrazone groups is 1. The lowest BCUT2D eigenvalue weighted by Gasteiger charge is -2.13. The molecule has 1 aliphatic carbocycles. The first-order valence-corrected chi connectivity index (χ1v) is 12.3. The first-order chi connectivity index (χ1) is 18.4. The minimum absolute atomic E-state index is 0.130. The molecule has 1 aromatic heterocycles. The van der Waals surface area contributed by atoms with Gasteiger partial charge in [-0.2, -0.15) is 10.4 Å². The Bertz CT molecular complexity index is 1570. The summed E-state index contributed by atoms with van der Waals surface area (Å²) in [4.78, 5) is 25.5. The molecule has 0 unspecified atom stereocenters. The summed E-state index contributed by atoms with van der Waals surface area (Å²) in [6.07, 6.45) is 2.13. The normalized spacial score (nSPS) is 13.4. The summed E-state index contributed by atoms with van der Waals surface area (Å²) in [7, 11) is 0. The Morgan fingerprint density at radius 2 is 1.58 bits per heavy atom. The van der Waals surface area contributed by atoms with Gasteiger partial charge in [0.25, 0.3) is 5.91 Å². The van der Waals surface area contributed by atoms with E-state index in [2.05, 4.69) is 16.6 Å². The Morgan fingerprint density at radius 1 is 0.921 bits per heavy atom. The van der Waals surface area contributed by atoms with Crippen molar-refractivity contribution < 1.29 is 18.7 Å². The van der Waals surface area contributed by atoms with Crippen LogP contribution in [0.4, 0.5) is 0 Å². The number of nitrogens with one attached hydrogen (secondary N) is 1. The lowest BCUT2D eigenvalue weighted by molar-refractivity contribution is 0.0698. The second kappa shape index (κ2) is 10.6. The maximum Gasteiger partial charge on any atom is 0.379 e. The van der Waals surface area contributed by atoms with Crippen molar-refractivity contribution in [3.8, 4) is 22.9 Å². The van der Waals surface area contributed by atoms with Crippen molar-refractivity contribution in [2.75, 3.05) is 0 Å². The quantitative estimate of drug-likeness (QED) is 0.201. The highest BCUT2D eigenvalue weighted by atomic mass is 16.5. The van der Waals surface area contributed by atoms with E-state index in [4.69, 9.17) is 14.4 Å². The van der Waals surface area contributed by atoms with Gasteiger partial charge in [-0.25, -0.2) is 10.2 Å². The molecule has 3 aromatic carbocycles. The molecule has 0 fully saturated rings. The molecule has 0 saturated carbocycles. The largest absolute Gasteiger partial charge is 0.453 e. The lowest BCUT2D eigenvalue weighted by Crippen LogP contribution is -2.22. The van der Waals surface area contributed by atoms with Crippen molar-refractivity contribution in [2.24, 2.45) is 5.10 Å². The van der Waals surface area contributed by atoms with Gasteiger partial charge in [0.2, 0.25) is 5.76 Å². The van der Waals surface area contributed by atoms with E-state index in [-0.39, 0.29) is 11.7 Å². The van der Waals surface area contributed by atoms with Crippen LogP contribution in [0.2, 0.25) is 0 Å². The van der Waals surface area contributed by atoms with Crippen LogP contribution in [-0.4, -0.2) is 17.6 Å². The summed E-state index contributed by atoms with van der Waals surface area (Å²) in [5.41, 5.74) is 8.79. The average Bonchev–Trinajstić information content (AvgIpc) is 3.29. The molecule has 188 valence electrons. The number of hydrogen-bond acceptors (Lipinski definition) is 6. The van der Waals surface area contributed by atoms with Gasteiger partial charge < -0.3 is 9.15 Å². The molecule has 1 amide bonds. The van der Waals surface area contributed by atoms with Gasteiger partial charge in [-0.15, -0.1) is 0 Å². The van der Waals surface area contributed by atoms with E-state index in [9.17, 15) is 9.59 Å². The van der Waals surface area contributed by atoms with Crippen LogP contribution in [0.3, 0.4) is 0 Å². The molecule has 5 rings (SSSR count). The van der Waals surface area contributed by atoms with E-state index in [1.165, 1.54) is 0 Å². The summed E-state index contributed by atoms with van der Waals surface area (Å²) in [5, 5.41) is 13.3. The van der Waals surface area contributed by atoms with Crippen LogP contribution in [-0.2, 0) is 6.42 Å². The molecule has 1 N–H and O–H groups in total. The molecule has 7 nitrogen and oxygen atoms in total. The van der Waals surface area contributed by atoms with Gasteiger partial charge in [0, 0.05) is 23.1 Å². The maximum absolute atomic E-state index is 13.0. The maximum atomic E-state index is 13.0. The zero-order chi connectivity index (χ0) is 26.6. The van der Waals surface area contributed by atoms with Crippen molar-refractivity contribution in [1.82, 2.24) is 5.43 Å². The third-order valence-electron chi connectivity index (χ3n) is 6.53. The highest BCUT2D eigenvalue weighted by Gasteiger charge is 2.29. The van der Waals surface area contributed by atoms with E-state index in [0.29, 0.717) is 46.8 Å². The monoisotopic (exact) mass is 503 g/mol. The number of furan rings is 1. The number of hydrogen-bond donors (Lipinski definition) is 1. The second-order valence-electron chi connectivity index (χ2n) is 9.18. The van der Waals surface area contributed by atoms with Crippen LogP contribution in [0.15, 0.2) is 82.3 Å². The molecule has 4 aromatic rings. The fourth-order valence-corrected chi connectivity index (χ4v) is 4.47. The Labute approximate surface area is 220 Å². The zero-order valence-electron chi connectivity index (χ0n) is 21.1. The molecule has 0 bridgehead atoms. The molecule has 7 heteroatoms. The number of ether oxygens (including phenoxy) is 1. The van der Waals surface area contributed by atoms with Crippen LogP contribution >= 0.6 is 0 Å². The summed E-state index contributed by atoms with van der Waals surface area (Å²) < 4.78 is 11.5. The molecule has 0 atom stereocenters. The molecule has 38 heavy (non-hydrogen) atoms. The highest BCUT2D eigenvalue weighted by molar-refractivity contribution is 6.06. The third-order valence-corrected chi connectivity index (χ3v) is 6.53. The van der Waals surface area contributed by atoms with Crippen molar-refractivity contribution in [1.29, 1.82) is 5.26 Å². The summed E-state index contributed by atoms with van der Waals surface area (Å²) in [6.45, 7) is 3.76. The Morgan fingerprint density at radius 3 is 2.24 bits per heavy atom. The molecular formula is C31H25N3O4. The number of esters is 1. The van der Waals surface area contributed by atoms with Gasteiger partial charge in [0.05, 0.1) is 17.3 Å². The van der Waals surface area contributed by atoms with E-state index in [1.54, 1.807) is 43.3 Å². The molecule has 1 aliphatic rings. The summed E-state index contributed by atoms with van der Waals surface area (Å²) >= 11 is 0. The van der Waals surface area contributed by atoms with Crippen LogP contribution in [0.1, 0.15) is 61.8 Å². The van der Waals surface area contributed by atoms with Crippen molar-refractivity contribution in [3.63, 3.8) is 0 Å². The second-order valence-corrected chi connectivity index (χ2v) is 9.18. The molecular weight excluding hydrogens is 478 g/mol. The predicted molar refractivity (Wildman–Crippen MR) is 143 cm³/mol. The fraction of sp³-hybridized carbons (Fsp3) is 0.161. The van der Waals surface area contributed by atoms with Crippen LogP contribution in [0, 0.1) is 25.2 Å². The van der Waals surface area contributed by atoms with Crippen molar-refractivity contribution in [2.45, 2.75) is 33.1 Å². The first kappa shape index (κ1) is 24.7. The Kier molecular flexibility index (Phi) is 6.88. The van der Waals surface area contributed by atoms with E-state index in [0.717, 1.165) is 28.7 Å². The number of carbonyl (C=O) groups excluding carboxylic acids is 2. The number of carbonyl (C=O) groups is 2. The van der Waals surface area contributed by atoms with Crippen molar-refractivity contribution in [3.05, 3.63) is 112 Å². The number of nitriles is 1. The minimum atomic E-state index is -0.592. The smallest absolute Gasteiger partial charge is 0.379 e. The summed E-state index contributed by atoms with van der Waals surface area (Å²) in [5.74, 6) is 0.298. The van der Waals surface area contributed by atoms with Gasteiger partial charge in [-0.05, 0) is 74.2 Å². The van der Waals surface area contributed by atoms with Gasteiger partial charge in [-0.1, -0.05) is 42.0 Å². The zero-order valence-corrected chi connectivity index (χ0v) is 21.1. The fourth-order valence-electron chi connectivity index (χ4n) is 4.47. The standard InChI is InChI=1S/C31H25N3O4/c1-19-6-10-24(11-7-19)30(35)34-33-26-4-3-5-27-28(26)20(2)29(38-27)31(36)37-25-16-14-23(15-17-25)22-12-8-21(18-32)9-13-22/h6-17H,3-5H2,1-2H3,(H,34,35)/b33-26+. The predicted octanol–water partition coefficient (Wildman–Crippen LogP) is 6.12. The summed E-state index contributed by atoms with van der Waals surface area (Å²) in [6, 6.07) is 23.8. The molecule has 0 saturated heterocycles. The van der Waals surface area contributed by atoms with Crippen LogP contribution in [0.5, 0.6) is 5.75 Å². The average molecular weight is 504 g/mol. The minimum Gasteiger partial charge on any atom is -0.453 e. The Balaban J connectivity index is 1.31. The number of aryl methyl sites for hydroxylation is 2.